The number of amides is 1. The number of nitrogens with one attached hydrogen (secondary N) is 2. The van der Waals surface area contributed by atoms with Crippen LogP contribution in [0.1, 0.15) is 51.0 Å². The maximum absolute atomic E-state index is 11.9. The number of carbonyl (C=O) groups excluding carboxylic acids is 1. The molecule has 0 aliphatic heterocycles. The van der Waals surface area contributed by atoms with E-state index in [2.05, 4.69) is 17.6 Å². The van der Waals surface area contributed by atoms with Gasteiger partial charge in [0.1, 0.15) is 0 Å². The van der Waals surface area contributed by atoms with Crippen molar-refractivity contribution in [3.8, 4) is 0 Å². The van der Waals surface area contributed by atoms with Crippen LogP contribution in [0.4, 0.5) is 0 Å². The third kappa shape index (κ3) is 5.93. The molecule has 1 rings (SSSR count). The largest absolute Gasteiger partial charge is 0.355 e. The summed E-state index contributed by atoms with van der Waals surface area (Å²) in [5, 5.41) is 6.25. The lowest BCUT2D eigenvalue weighted by molar-refractivity contribution is -0.122. The van der Waals surface area contributed by atoms with Gasteiger partial charge in [-0.05, 0) is 32.4 Å². The van der Waals surface area contributed by atoms with Crippen LogP contribution < -0.4 is 10.6 Å². The van der Waals surface area contributed by atoms with Crippen LogP contribution in [0.5, 0.6) is 0 Å². The molecule has 1 amide bonds. The number of hydrogen-bond acceptors (Lipinski definition) is 3. The van der Waals surface area contributed by atoms with E-state index in [1.165, 1.54) is 6.42 Å². The predicted molar refractivity (Wildman–Crippen MR) is 82.9 cm³/mol. The van der Waals surface area contributed by atoms with Gasteiger partial charge in [-0.15, -0.1) is 11.3 Å². The predicted octanol–water partition coefficient (Wildman–Crippen LogP) is 3.75. The summed E-state index contributed by atoms with van der Waals surface area (Å²) in [7, 11) is 0. The van der Waals surface area contributed by atoms with Gasteiger partial charge in [-0.1, -0.05) is 31.4 Å². The molecule has 3 nitrogen and oxygen atoms in total. The van der Waals surface area contributed by atoms with Gasteiger partial charge in [-0.3, -0.25) is 10.1 Å². The molecule has 1 aromatic heterocycles. The Morgan fingerprint density at radius 3 is 2.68 bits per heavy atom. The minimum Gasteiger partial charge on any atom is -0.355 e. The quantitative estimate of drug-likeness (QED) is 0.718. The van der Waals surface area contributed by atoms with E-state index < -0.39 is 0 Å². The van der Waals surface area contributed by atoms with Crippen LogP contribution in [0.25, 0.3) is 0 Å². The average molecular weight is 303 g/mol. The van der Waals surface area contributed by atoms with Crippen molar-refractivity contribution in [3.05, 3.63) is 21.3 Å². The molecule has 19 heavy (non-hydrogen) atoms. The zero-order valence-corrected chi connectivity index (χ0v) is 13.4. The molecule has 2 N–H and O–H groups in total. The standard InChI is InChI=1S/C14H23ClN2OS/c1-4-5-6-9-16-14(18)11(3)17-10(2)12-7-8-13(15)19-12/h7-8,10-11,17H,4-6,9H2,1-3H3,(H,16,18). The van der Waals surface area contributed by atoms with Crippen LogP contribution in [0.2, 0.25) is 4.34 Å². The van der Waals surface area contributed by atoms with E-state index in [0.717, 1.165) is 28.6 Å². The molecule has 108 valence electrons. The van der Waals surface area contributed by atoms with E-state index in [1.54, 1.807) is 11.3 Å². The molecule has 0 radical (unpaired) electrons. The van der Waals surface area contributed by atoms with Crippen molar-refractivity contribution in [3.63, 3.8) is 0 Å². The number of rotatable bonds is 8. The second kappa shape index (κ2) is 8.56. The second-order valence-corrected chi connectivity index (χ2v) is 6.50. The van der Waals surface area contributed by atoms with Crippen LogP contribution in [0.3, 0.4) is 0 Å². The number of carbonyl (C=O) groups is 1. The topological polar surface area (TPSA) is 41.1 Å². The summed E-state index contributed by atoms with van der Waals surface area (Å²) >= 11 is 7.46. The Morgan fingerprint density at radius 2 is 2.11 bits per heavy atom. The maximum Gasteiger partial charge on any atom is 0.236 e. The molecule has 2 unspecified atom stereocenters. The first kappa shape index (κ1) is 16.5. The Hall–Kier alpha value is -0.580. The van der Waals surface area contributed by atoms with Crippen LogP contribution in [-0.2, 0) is 4.79 Å². The summed E-state index contributed by atoms with van der Waals surface area (Å²) in [6, 6.07) is 3.82. The van der Waals surface area contributed by atoms with Gasteiger partial charge >= 0.3 is 0 Å². The van der Waals surface area contributed by atoms with Crippen molar-refractivity contribution in [2.45, 2.75) is 52.1 Å². The molecule has 1 heterocycles. The van der Waals surface area contributed by atoms with Crippen molar-refractivity contribution in [1.82, 2.24) is 10.6 Å². The number of unbranched alkanes of at least 4 members (excludes halogenated alkanes) is 2. The van der Waals surface area contributed by atoms with Gasteiger partial charge in [-0.2, -0.15) is 0 Å². The molecule has 0 saturated heterocycles. The van der Waals surface area contributed by atoms with Crippen molar-refractivity contribution < 1.29 is 4.79 Å². The minimum absolute atomic E-state index is 0.0607. The van der Waals surface area contributed by atoms with Gasteiger partial charge in [0, 0.05) is 17.5 Å². The first-order chi connectivity index (χ1) is 9.04. The summed E-state index contributed by atoms with van der Waals surface area (Å²) in [6.45, 7) is 6.85. The Kier molecular flexibility index (Phi) is 7.42. The lowest BCUT2D eigenvalue weighted by atomic mass is 10.2. The molecule has 0 fully saturated rings. The van der Waals surface area contributed by atoms with E-state index in [-0.39, 0.29) is 18.0 Å². The Balaban J connectivity index is 2.33. The molecule has 0 bridgehead atoms. The zero-order valence-electron chi connectivity index (χ0n) is 11.8. The summed E-state index contributed by atoms with van der Waals surface area (Å²) in [5.41, 5.74) is 0. The van der Waals surface area contributed by atoms with E-state index in [1.807, 2.05) is 26.0 Å². The van der Waals surface area contributed by atoms with Gasteiger partial charge in [-0.25, -0.2) is 0 Å². The van der Waals surface area contributed by atoms with E-state index in [4.69, 9.17) is 11.6 Å². The van der Waals surface area contributed by atoms with Gasteiger partial charge < -0.3 is 5.32 Å². The van der Waals surface area contributed by atoms with Crippen molar-refractivity contribution in [1.29, 1.82) is 0 Å². The highest BCUT2D eigenvalue weighted by Gasteiger charge is 2.16. The van der Waals surface area contributed by atoms with Crippen molar-refractivity contribution in [2.75, 3.05) is 6.54 Å². The average Bonchev–Trinajstić information content (AvgIpc) is 2.81. The fraction of sp³-hybridized carbons (Fsp3) is 0.643. The number of hydrogen-bond donors (Lipinski definition) is 2. The molecule has 0 saturated carbocycles. The molecule has 2 atom stereocenters. The molecule has 1 aromatic rings. The normalized spacial score (nSPS) is 14.1. The Morgan fingerprint density at radius 1 is 1.37 bits per heavy atom. The lowest BCUT2D eigenvalue weighted by Gasteiger charge is -2.18. The first-order valence-corrected chi connectivity index (χ1v) is 8.03. The monoisotopic (exact) mass is 302 g/mol. The molecule has 0 aliphatic rings. The number of thiophene rings is 1. The molecule has 0 aliphatic carbocycles. The highest BCUT2D eigenvalue weighted by Crippen LogP contribution is 2.26. The Bertz CT molecular complexity index is 395. The van der Waals surface area contributed by atoms with Gasteiger partial charge in [0.2, 0.25) is 5.91 Å². The van der Waals surface area contributed by atoms with Crippen LogP contribution >= 0.6 is 22.9 Å². The maximum atomic E-state index is 11.9. The van der Waals surface area contributed by atoms with Crippen LogP contribution in [-0.4, -0.2) is 18.5 Å². The third-order valence-corrected chi connectivity index (χ3v) is 4.41. The molecule has 5 heteroatoms. The van der Waals surface area contributed by atoms with Crippen LogP contribution in [0, 0.1) is 0 Å². The summed E-state index contributed by atoms with van der Waals surface area (Å²) in [4.78, 5) is 13.0. The van der Waals surface area contributed by atoms with Gasteiger partial charge in [0.25, 0.3) is 0 Å². The van der Waals surface area contributed by atoms with Gasteiger partial charge in [0.05, 0.1) is 10.4 Å². The fourth-order valence-corrected chi connectivity index (χ4v) is 2.91. The zero-order chi connectivity index (χ0) is 14.3. The SMILES string of the molecule is CCCCCNC(=O)C(C)NC(C)c1ccc(Cl)s1. The van der Waals surface area contributed by atoms with Crippen molar-refractivity contribution in [2.24, 2.45) is 0 Å². The smallest absolute Gasteiger partial charge is 0.236 e. The molecular weight excluding hydrogens is 280 g/mol. The summed E-state index contributed by atoms with van der Waals surface area (Å²) < 4.78 is 0.778. The summed E-state index contributed by atoms with van der Waals surface area (Å²) in [6.07, 6.45) is 3.37. The third-order valence-electron chi connectivity index (χ3n) is 2.99. The number of halogens is 1. The molecule has 0 spiro atoms. The highest BCUT2D eigenvalue weighted by molar-refractivity contribution is 7.16. The summed E-state index contributed by atoms with van der Waals surface area (Å²) in [5.74, 6) is 0.0607. The van der Waals surface area contributed by atoms with Gasteiger partial charge in [0.15, 0.2) is 0 Å². The minimum atomic E-state index is -0.197. The van der Waals surface area contributed by atoms with Crippen LogP contribution in [0.15, 0.2) is 12.1 Å². The Labute approximate surface area is 124 Å². The fourth-order valence-electron chi connectivity index (χ4n) is 1.83. The van der Waals surface area contributed by atoms with Crippen molar-refractivity contribution >= 4 is 28.8 Å². The van der Waals surface area contributed by atoms with E-state index >= 15 is 0 Å². The molecule has 0 aromatic carbocycles. The first-order valence-electron chi connectivity index (χ1n) is 6.83. The highest BCUT2D eigenvalue weighted by atomic mass is 35.5. The van der Waals surface area contributed by atoms with E-state index in [9.17, 15) is 4.79 Å². The lowest BCUT2D eigenvalue weighted by Crippen LogP contribution is -2.43. The van der Waals surface area contributed by atoms with E-state index in [0.29, 0.717) is 0 Å². The second-order valence-electron chi connectivity index (χ2n) is 4.75. The molecular formula is C14H23ClN2OS.